The number of anilines is 2. The van der Waals surface area contributed by atoms with Gasteiger partial charge < -0.3 is 34.5 Å². The van der Waals surface area contributed by atoms with E-state index in [-0.39, 0.29) is 23.6 Å². The number of hydrogen-bond donors (Lipinski definition) is 3. The highest BCUT2D eigenvalue weighted by atomic mass is 32.2. The van der Waals surface area contributed by atoms with E-state index in [1.54, 1.807) is 56.1 Å². The number of aromatic amines is 1. The predicted octanol–water partition coefficient (Wildman–Crippen LogP) is 4.87. The fourth-order valence-electron chi connectivity index (χ4n) is 6.55. The molecule has 0 atom stereocenters. The summed E-state index contributed by atoms with van der Waals surface area (Å²) in [5.74, 6) is -0.944. The first-order valence-electron chi connectivity index (χ1n) is 18.9. The molecule has 2 aliphatic rings. The van der Waals surface area contributed by atoms with Crippen molar-refractivity contribution in [3.05, 3.63) is 66.5 Å². The van der Waals surface area contributed by atoms with Crippen molar-refractivity contribution in [3.63, 3.8) is 0 Å². The number of halogens is 3. The van der Waals surface area contributed by atoms with Gasteiger partial charge in [0.1, 0.15) is 27.6 Å². The zero-order valence-corrected chi connectivity index (χ0v) is 34.6. The van der Waals surface area contributed by atoms with Gasteiger partial charge in [-0.05, 0) is 83.2 Å². The SMILES string of the molecule is CN1CCN(c2ccc(C(=O)NS(=O)(=O)c3ccc(NCCCN4CCN(C(=O)OC(C)(C)C)CC4)c(S(=O)(=O)C(F)(F)F)c3)c(Oc3cnc4[nH]ccc4c3)c2)CC1. The smallest absolute Gasteiger partial charge is 0.455 e. The molecule has 2 aromatic carbocycles. The highest BCUT2D eigenvalue weighted by Gasteiger charge is 2.48. The third-order valence-corrected chi connectivity index (χ3v) is 12.6. The molecule has 2 aromatic heterocycles. The zero-order valence-electron chi connectivity index (χ0n) is 33.0. The van der Waals surface area contributed by atoms with Crippen molar-refractivity contribution in [2.24, 2.45) is 0 Å². The summed E-state index contributed by atoms with van der Waals surface area (Å²) in [4.78, 5) is 39.0. The molecule has 16 nitrogen and oxygen atoms in total. The number of carbonyl (C=O) groups excluding carboxylic acids is 2. The standard InChI is InChI=1S/C38H47F3N8O8S2/c1-37(2,3)57-36(51)49-20-16-47(17-21-49)13-5-11-42-31-9-7-29(24-33(31)58(52,53)38(39,40)41)59(54,55)45-35(50)30-8-6-27(48-18-14-46(4)15-19-48)23-32(30)56-28-22-26-10-12-43-34(26)44-25-28/h6-10,12,22-25,42H,5,11,13-21H2,1-4H3,(H,43,44)(H,45,50). The summed E-state index contributed by atoms with van der Waals surface area (Å²) >= 11 is 0. The summed E-state index contributed by atoms with van der Waals surface area (Å²) in [6, 6.07) is 10.2. The molecule has 4 heterocycles. The molecule has 3 N–H and O–H groups in total. The van der Waals surface area contributed by atoms with Crippen LogP contribution in [0.2, 0.25) is 0 Å². The Hall–Kier alpha value is -5.12. The van der Waals surface area contributed by atoms with Gasteiger partial charge in [0.15, 0.2) is 0 Å². The van der Waals surface area contributed by atoms with E-state index in [0.29, 0.717) is 75.0 Å². The summed E-state index contributed by atoms with van der Waals surface area (Å²) in [6.45, 7) is 10.6. The van der Waals surface area contributed by atoms with Crippen LogP contribution in [-0.4, -0.2) is 137 Å². The molecule has 0 unspecified atom stereocenters. The lowest BCUT2D eigenvalue weighted by Gasteiger charge is -2.35. The first kappa shape index (κ1) is 43.5. The molecule has 4 aromatic rings. The predicted molar refractivity (Wildman–Crippen MR) is 214 cm³/mol. The molecule has 2 fully saturated rings. The van der Waals surface area contributed by atoms with Crippen LogP contribution in [0.25, 0.3) is 11.0 Å². The largest absolute Gasteiger partial charge is 0.501 e. The number of amides is 2. The number of pyridine rings is 1. The monoisotopic (exact) mass is 864 g/mol. The van der Waals surface area contributed by atoms with Crippen LogP contribution in [0.5, 0.6) is 11.5 Å². The van der Waals surface area contributed by atoms with Crippen molar-refractivity contribution >= 4 is 54.3 Å². The molecule has 0 saturated carbocycles. The van der Waals surface area contributed by atoms with Crippen molar-refractivity contribution in [1.82, 2.24) is 29.4 Å². The van der Waals surface area contributed by atoms with E-state index >= 15 is 0 Å². The van der Waals surface area contributed by atoms with Gasteiger partial charge in [-0.15, -0.1) is 0 Å². The number of aromatic nitrogens is 2. The Balaban J connectivity index is 1.18. The maximum absolute atomic E-state index is 13.9. The summed E-state index contributed by atoms with van der Waals surface area (Å²) in [7, 11) is -9.02. The number of nitrogens with one attached hydrogen (secondary N) is 3. The minimum Gasteiger partial charge on any atom is -0.455 e. The van der Waals surface area contributed by atoms with Crippen molar-refractivity contribution in [3.8, 4) is 11.5 Å². The Kier molecular flexibility index (Phi) is 12.7. The Labute approximate surface area is 340 Å². The second-order valence-corrected chi connectivity index (χ2v) is 18.9. The Morgan fingerprint density at radius 2 is 1.61 bits per heavy atom. The van der Waals surface area contributed by atoms with Gasteiger partial charge in [-0.2, -0.15) is 13.2 Å². The summed E-state index contributed by atoms with van der Waals surface area (Å²) in [5.41, 5.74) is -5.79. The van der Waals surface area contributed by atoms with Crippen LogP contribution in [0.4, 0.5) is 29.3 Å². The molecule has 2 amide bonds. The van der Waals surface area contributed by atoms with Gasteiger partial charge >= 0.3 is 11.6 Å². The third-order valence-electron chi connectivity index (χ3n) is 9.76. The minimum atomic E-state index is -6.06. The van der Waals surface area contributed by atoms with E-state index < -0.39 is 58.4 Å². The van der Waals surface area contributed by atoms with Gasteiger partial charge in [0.2, 0.25) is 0 Å². The molecule has 59 heavy (non-hydrogen) atoms. The first-order chi connectivity index (χ1) is 27.7. The molecule has 0 radical (unpaired) electrons. The fourth-order valence-corrected chi connectivity index (χ4v) is 8.58. The number of alkyl halides is 3. The molecule has 2 aliphatic heterocycles. The number of H-pyrrole nitrogens is 1. The molecule has 21 heteroatoms. The van der Waals surface area contributed by atoms with Crippen LogP contribution in [0.3, 0.4) is 0 Å². The van der Waals surface area contributed by atoms with Crippen LogP contribution in [0, 0.1) is 0 Å². The third kappa shape index (κ3) is 10.6. The summed E-state index contributed by atoms with van der Waals surface area (Å²) in [6.07, 6.45) is 3.07. The van der Waals surface area contributed by atoms with Crippen molar-refractivity contribution in [2.45, 2.75) is 48.1 Å². The highest BCUT2D eigenvalue weighted by molar-refractivity contribution is 7.92. The molecule has 2 saturated heterocycles. The molecule has 0 bridgehead atoms. The van der Waals surface area contributed by atoms with Crippen LogP contribution in [0.15, 0.2) is 70.7 Å². The number of ether oxygens (including phenoxy) is 2. The van der Waals surface area contributed by atoms with E-state index in [4.69, 9.17) is 9.47 Å². The van der Waals surface area contributed by atoms with Gasteiger partial charge in [0.25, 0.3) is 25.8 Å². The van der Waals surface area contributed by atoms with Crippen LogP contribution < -0.4 is 19.7 Å². The number of benzene rings is 2. The van der Waals surface area contributed by atoms with Crippen LogP contribution >= 0.6 is 0 Å². The topological polar surface area (TPSA) is 187 Å². The number of likely N-dealkylation sites (N-methyl/N-ethyl adjacent to an activating group) is 1. The Morgan fingerprint density at radius 1 is 0.898 bits per heavy atom. The van der Waals surface area contributed by atoms with E-state index in [2.05, 4.69) is 25.1 Å². The number of nitrogens with zero attached hydrogens (tertiary/aromatic N) is 5. The molecule has 0 spiro atoms. The number of rotatable bonds is 12. The lowest BCUT2D eigenvalue weighted by atomic mass is 10.1. The normalized spacial score (nSPS) is 16.3. The average molecular weight is 865 g/mol. The molecule has 320 valence electrons. The lowest BCUT2D eigenvalue weighted by molar-refractivity contribution is -0.0436. The van der Waals surface area contributed by atoms with E-state index in [0.717, 1.165) is 25.2 Å². The maximum atomic E-state index is 13.9. The van der Waals surface area contributed by atoms with Crippen molar-refractivity contribution < 1.29 is 49.1 Å². The first-order valence-corrected chi connectivity index (χ1v) is 21.8. The second kappa shape index (κ2) is 17.2. The second-order valence-electron chi connectivity index (χ2n) is 15.3. The lowest BCUT2D eigenvalue weighted by Crippen LogP contribution is -2.50. The number of carbonyl (C=O) groups is 2. The number of hydrogen-bond acceptors (Lipinski definition) is 13. The highest BCUT2D eigenvalue weighted by Crippen LogP contribution is 2.36. The number of sulfonamides is 1. The number of sulfone groups is 1. The fraction of sp³-hybridized carbons (Fsp3) is 0.447. The molecular weight excluding hydrogens is 818 g/mol. The van der Waals surface area contributed by atoms with Gasteiger partial charge in [-0.1, -0.05) is 0 Å². The average Bonchev–Trinajstić information content (AvgIpc) is 3.64. The van der Waals surface area contributed by atoms with E-state index in [9.17, 15) is 39.6 Å². The molecule has 6 rings (SSSR count). The van der Waals surface area contributed by atoms with Crippen LogP contribution in [-0.2, 0) is 24.6 Å². The van der Waals surface area contributed by atoms with E-state index in [1.165, 1.54) is 12.3 Å². The Morgan fingerprint density at radius 3 is 2.29 bits per heavy atom. The van der Waals surface area contributed by atoms with Gasteiger partial charge in [0.05, 0.1) is 22.3 Å². The number of fused-ring (bicyclic) bond motifs is 1. The van der Waals surface area contributed by atoms with Gasteiger partial charge in [0, 0.05) is 82.2 Å². The van der Waals surface area contributed by atoms with E-state index in [1.807, 2.05) is 16.7 Å². The number of piperazine rings is 2. The maximum Gasteiger partial charge on any atom is 0.501 e. The minimum absolute atomic E-state index is 0.0179. The van der Waals surface area contributed by atoms with Gasteiger partial charge in [-0.3, -0.25) is 9.69 Å². The van der Waals surface area contributed by atoms with Crippen molar-refractivity contribution in [2.75, 3.05) is 82.7 Å². The quantitative estimate of drug-likeness (QED) is 0.164. The Bertz CT molecular complexity index is 2390. The van der Waals surface area contributed by atoms with Crippen molar-refractivity contribution in [1.29, 1.82) is 0 Å². The van der Waals surface area contributed by atoms with Crippen LogP contribution in [0.1, 0.15) is 37.6 Å². The summed E-state index contributed by atoms with van der Waals surface area (Å²) < 4.78 is 108. The van der Waals surface area contributed by atoms with Gasteiger partial charge in [-0.25, -0.2) is 31.3 Å². The molecular formula is C38H47F3N8O8S2. The molecule has 0 aliphatic carbocycles. The zero-order chi connectivity index (χ0) is 42.8. The summed E-state index contributed by atoms with van der Waals surface area (Å²) in [5, 5.41) is 3.41.